The van der Waals surface area contributed by atoms with E-state index >= 15 is 0 Å². The van der Waals surface area contributed by atoms with E-state index in [9.17, 15) is 4.79 Å². The fraction of sp³-hybridized carbons (Fsp3) is 0.286. The number of aryl methyl sites for hydroxylation is 1. The summed E-state index contributed by atoms with van der Waals surface area (Å²) >= 11 is 1.51. The topological polar surface area (TPSA) is 42.3 Å². The summed E-state index contributed by atoms with van der Waals surface area (Å²) < 4.78 is 11.7. The number of benzene rings is 2. The molecule has 2 aromatic heterocycles. The highest BCUT2D eigenvalue weighted by Crippen LogP contribution is 2.46. The standard InChI is InChI=1S/C28H30N3O2S/c1-6-30-21-14-10-11-15-22(21)33-25(30)18-26-31(7-2)27(32)23(34-26)16-17-24-28(3,4)19-12-8-9-13-20(19)29(24)5/h8-18H,6-7H2,1-5H3/q+1. The second kappa shape index (κ2) is 8.44. The molecule has 5 nitrogen and oxygen atoms in total. The third-order valence-electron chi connectivity index (χ3n) is 6.79. The number of hydrogen-bond acceptors (Lipinski definition) is 4. The molecule has 5 rings (SSSR count). The molecule has 0 bridgehead atoms. The first-order valence-corrected chi connectivity index (χ1v) is 12.6. The van der Waals surface area contributed by atoms with Crippen LogP contribution in [0.2, 0.25) is 0 Å². The van der Waals surface area contributed by atoms with Crippen LogP contribution in [-0.2, 0) is 18.5 Å². The van der Waals surface area contributed by atoms with Crippen molar-refractivity contribution in [3.8, 4) is 0 Å². The summed E-state index contributed by atoms with van der Waals surface area (Å²) in [5.41, 5.74) is 5.51. The van der Waals surface area contributed by atoms with Gasteiger partial charge in [-0.05, 0) is 43.7 Å². The third kappa shape index (κ3) is 3.44. The predicted octanol–water partition coefficient (Wildman–Crippen LogP) is 3.90. The molecule has 34 heavy (non-hydrogen) atoms. The molecule has 4 aromatic rings. The number of para-hydroxylation sites is 3. The highest BCUT2D eigenvalue weighted by atomic mass is 32.1. The molecule has 6 heteroatoms. The molecule has 0 fully saturated rings. The molecule has 0 saturated heterocycles. The van der Waals surface area contributed by atoms with Crippen molar-refractivity contribution < 1.29 is 8.98 Å². The van der Waals surface area contributed by atoms with Crippen molar-refractivity contribution in [2.75, 3.05) is 11.9 Å². The van der Waals surface area contributed by atoms with E-state index in [2.05, 4.69) is 73.7 Å². The number of thiazole rings is 1. The van der Waals surface area contributed by atoms with Crippen molar-refractivity contribution in [3.05, 3.63) is 91.3 Å². The van der Waals surface area contributed by atoms with Gasteiger partial charge < -0.3 is 9.32 Å². The van der Waals surface area contributed by atoms with E-state index in [1.807, 2.05) is 41.8 Å². The molecule has 0 aliphatic carbocycles. The molecule has 2 aromatic carbocycles. The summed E-state index contributed by atoms with van der Waals surface area (Å²) in [6.07, 6.45) is 6.07. The van der Waals surface area contributed by atoms with E-state index in [0.717, 1.165) is 32.7 Å². The molecule has 0 atom stereocenters. The van der Waals surface area contributed by atoms with Gasteiger partial charge in [-0.2, -0.15) is 4.57 Å². The molecule has 174 valence electrons. The van der Waals surface area contributed by atoms with Crippen molar-refractivity contribution in [2.24, 2.45) is 0 Å². The summed E-state index contributed by atoms with van der Waals surface area (Å²) in [4.78, 5) is 15.5. The minimum absolute atomic E-state index is 0.0331. The Morgan fingerprint density at radius 2 is 1.79 bits per heavy atom. The van der Waals surface area contributed by atoms with Crippen LogP contribution in [0, 0.1) is 0 Å². The number of hydrogen-bond donors (Lipinski definition) is 0. The van der Waals surface area contributed by atoms with Crippen LogP contribution in [0.4, 0.5) is 5.69 Å². The molecule has 0 amide bonds. The van der Waals surface area contributed by atoms with Gasteiger partial charge in [0.25, 0.3) is 11.1 Å². The zero-order chi connectivity index (χ0) is 24.0. The molecule has 0 radical (unpaired) electrons. The van der Waals surface area contributed by atoms with E-state index in [4.69, 9.17) is 4.42 Å². The molecule has 3 heterocycles. The molecular formula is C28H30N3O2S+. The Balaban J connectivity index is 1.64. The monoisotopic (exact) mass is 472 g/mol. The normalized spacial score (nSPS) is 17.3. The minimum Gasteiger partial charge on any atom is -0.398 e. The van der Waals surface area contributed by atoms with Crippen molar-refractivity contribution in [1.82, 2.24) is 4.57 Å². The first kappa shape index (κ1) is 22.4. The van der Waals surface area contributed by atoms with Crippen LogP contribution >= 0.6 is 11.3 Å². The second-order valence-corrected chi connectivity index (χ2v) is 10.1. The molecule has 0 N–H and O–H groups in total. The van der Waals surface area contributed by atoms with Gasteiger partial charge in [-0.15, -0.1) is 11.3 Å². The van der Waals surface area contributed by atoms with Crippen LogP contribution < -0.4 is 24.2 Å². The number of fused-ring (bicyclic) bond motifs is 2. The Morgan fingerprint density at radius 3 is 2.53 bits per heavy atom. The van der Waals surface area contributed by atoms with Gasteiger partial charge in [-0.3, -0.25) is 9.36 Å². The van der Waals surface area contributed by atoms with Gasteiger partial charge in [-0.1, -0.05) is 44.2 Å². The zero-order valence-corrected chi connectivity index (χ0v) is 21.1. The van der Waals surface area contributed by atoms with Gasteiger partial charge >= 0.3 is 5.89 Å². The lowest BCUT2D eigenvalue weighted by Gasteiger charge is -2.23. The van der Waals surface area contributed by atoms with Crippen LogP contribution in [0.3, 0.4) is 0 Å². The Labute approximate surface area is 203 Å². The summed E-state index contributed by atoms with van der Waals surface area (Å²) in [6.45, 7) is 9.97. The SMILES string of the molecule is CCn1c(=Cc2oc3ccccc3[n+]2CC)sc(=CC=C2N(C)c3ccccc3C2(C)C)c1=O. The lowest BCUT2D eigenvalue weighted by molar-refractivity contribution is -0.674. The van der Waals surface area contributed by atoms with Gasteiger partial charge in [0.05, 0.1) is 10.6 Å². The van der Waals surface area contributed by atoms with E-state index in [1.54, 1.807) is 0 Å². The van der Waals surface area contributed by atoms with Crippen LogP contribution in [0.25, 0.3) is 23.3 Å². The summed E-state index contributed by atoms with van der Waals surface area (Å²) in [5.74, 6) is 0.754. The fourth-order valence-electron chi connectivity index (χ4n) is 5.01. The largest absolute Gasteiger partial charge is 0.398 e. The fourth-order valence-corrected chi connectivity index (χ4v) is 6.05. The summed E-state index contributed by atoms with van der Waals surface area (Å²) in [5, 5.41) is 0. The van der Waals surface area contributed by atoms with Crippen molar-refractivity contribution in [3.63, 3.8) is 0 Å². The average Bonchev–Trinajstić information content (AvgIpc) is 3.40. The summed E-state index contributed by atoms with van der Waals surface area (Å²) in [7, 11) is 2.09. The maximum Gasteiger partial charge on any atom is 0.377 e. The van der Waals surface area contributed by atoms with Gasteiger partial charge in [0.1, 0.15) is 11.2 Å². The van der Waals surface area contributed by atoms with Crippen LogP contribution in [0.5, 0.6) is 0 Å². The second-order valence-electron chi connectivity index (χ2n) is 9.07. The Hall–Kier alpha value is -3.38. The van der Waals surface area contributed by atoms with Gasteiger partial charge in [-0.25, -0.2) is 0 Å². The van der Waals surface area contributed by atoms with E-state index in [-0.39, 0.29) is 11.0 Å². The molecule has 0 spiro atoms. The van der Waals surface area contributed by atoms with Gasteiger partial charge in [0, 0.05) is 36.5 Å². The van der Waals surface area contributed by atoms with Crippen LogP contribution in [0.1, 0.15) is 39.1 Å². The van der Waals surface area contributed by atoms with Crippen molar-refractivity contribution in [1.29, 1.82) is 0 Å². The number of allylic oxidation sites excluding steroid dienone is 2. The van der Waals surface area contributed by atoms with E-state index in [1.165, 1.54) is 28.3 Å². The minimum atomic E-state index is -0.126. The first-order valence-electron chi connectivity index (χ1n) is 11.7. The van der Waals surface area contributed by atoms with E-state index < -0.39 is 0 Å². The molecule has 1 aliphatic heterocycles. The van der Waals surface area contributed by atoms with Crippen molar-refractivity contribution in [2.45, 2.75) is 46.2 Å². The van der Waals surface area contributed by atoms with Gasteiger partial charge in [0.2, 0.25) is 5.58 Å². The Kier molecular flexibility index (Phi) is 5.56. The number of aromatic nitrogens is 2. The Morgan fingerprint density at radius 1 is 1.06 bits per heavy atom. The third-order valence-corrected chi connectivity index (χ3v) is 7.86. The Bertz CT molecular complexity index is 1600. The van der Waals surface area contributed by atoms with Crippen LogP contribution in [-0.4, -0.2) is 11.6 Å². The smallest absolute Gasteiger partial charge is 0.377 e. The summed E-state index contributed by atoms with van der Waals surface area (Å²) in [6, 6.07) is 16.5. The number of nitrogens with zero attached hydrogens (tertiary/aromatic N) is 3. The molecule has 0 unspecified atom stereocenters. The van der Waals surface area contributed by atoms with Crippen molar-refractivity contribution >= 4 is 40.3 Å². The highest BCUT2D eigenvalue weighted by Gasteiger charge is 2.37. The van der Waals surface area contributed by atoms with Gasteiger partial charge in [0.15, 0.2) is 0 Å². The first-order chi connectivity index (χ1) is 16.4. The number of rotatable bonds is 4. The van der Waals surface area contributed by atoms with E-state index in [0.29, 0.717) is 6.54 Å². The highest BCUT2D eigenvalue weighted by molar-refractivity contribution is 7.07. The lowest BCUT2D eigenvalue weighted by Crippen LogP contribution is -2.35. The molecule has 1 aliphatic rings. The molecule has 0 saturated carbocycles. The maximum absolute atomic E-state index is 13.2. The number of anilines is 1. The maximum atomic E-state index is 13.2. The number of likely N-dealkylation sites (N-methyl/N-ethyl adjacent to an activating group) is 1. The average molecular weight is 473 g/mol. The lowest BCUT2D eigenvalue weighted by atomic mass is 9.84. The zero-order valence-electron chi connectivity index (χ0n) is 20.3. The predicted molar refractivity (Wildman–Crippen MR) is 140 cm³/mol. The molecular weight excluding hydrogens is 442 g/mol. The van der Waals surface area contributed by atoms with Crippen LogP contribution in [0.15, 0.2) is 69.5 Å². The number of oxazole rings is 1. The quantitative estimate of drug-likeness (QED) is 0.423.